The number of primary sulfonamides is 1. The molecule has 2 aromatic carbocycles. The first-order valence-electron chi connectivity index (χ1n) is 7.70. The number of hydrogen-bond donors (Lipinski definition) is 1. The van der Waals surface area contributed by atoms with E-state index in [1.807, 2.05) is 6.07 Å². The largest absolute Gasteiger partial charge is 0.452 e. The highest BCUT2D eigenvalue weighted by molar-refractivity contribution is 7.89. The second-order valence-electron chi connectivity index (χ2n) is 5.39. The molecule has 0 atom stereocenters. The molecule has 9 heteroatoms. The van der Waals surface area contributed by atoms with E-state index < -0.39 is 33.4 Å². The lowest BCUT2D eigenvalue weighted by atomic mass is 10.2. The van der Waals surface area contributed by atoms with Crippen LogP contribution in [-0.2, 0) is 19.6 Å². The average Bonchev–Trinajstić information content (AvgIpc) is 2.64. The van der Waals surface area contributed by atoms with Gasteiger partial charge in [0.05, 0.1) is 10.6 Å². The van der Waals surface area contributed by atoms with Crippen molar-refractivity contribution in [3.05, 3.63) is 71.8 Å². The fourth-order valence-corrected chi connectivity index (χ4v) is 3.30. The Morgan fingerprint density at radius 3 is 2.44 bits per heavy atom. The van der Waals surface area contributed by atoms with Gasteiger partial charge in [0.2, 0.25) is 10.0 Å². The summed E-state index contributed by atoms with van der Waals surface area (Å²) in [4.78, 5) is 25.6. The highest BCUT2D eigenvalue weighted by atomic mass is 35.5. The lowest BCUT2D eigenvalue weighted by Crippen LogP contribution is -2.34. The number of carbonyl (C=O) groups excluding carboxylic acids is 2. The zero-order valence-electron chi connectivity index (χ0n) is 14.2. The van der Waals surface area contributed by atoms with Crippen LogP contribution >= 0.6 is 11.6 Å². The number of carbonyl (C=O) groups is 2. The van der Waals surface area contributed by atoms with E-state index in [0.29, 0.717) is 5.69 Å². The molecule has 0 radical (unpaired) electrons. The van der Waals surface area contributed by atoms with Gasteiger partial charge in [-0.1, -0.05) is 35.9 Å². The van der Waals surface area contributed by atoms with E-state index in [1.165, 1.54) is 17.0 Å². The van der Waals surface area contributed by atoms with E-state index in [2.05, 4.69) is 6.58 Å². The summed E-state index contributed by atoms with van der Waals surface area (Å²) in [5.41, 5.74) is 0.535. The number of rotatable bonds is 7. The molecule has 27 heavy (non-hydrogen) atoms. The van der Waals surface area contributed by atoms with Gasteiger partial charge in [0.25, 0.3) is 5.91 Å². The van der Waals surface area contributed by atoms with Crippen molar-refractivity contribution in [2.24, 2.45) is 5.14 Å². The number of nitrogens with zero attached hydrogens (tertiary/aromatic N) is 1. The number of halogens is 1. The molecule has 0 bridgehead atoms. The molecule has 0 saturated heterocycles. The van der Waals surface area contributed by atoms with Gasteiger partial charge < -0.3 is 9.64 Å². The number of hydrogen-bond acceptors (Lipinski definition) is 5. The van der Waals surface area contributed by atoms with E-state index in [0.717, 1.165) is 6.07 Å². The van der Waals surface area contributed by atoms with Crippen LogP contribution in [0.2, 0.25) is 5.02 Å². The zero-order chi connectivity index (χ0) is 20.0. The number of esters is 1. The van der Waals surface area contributed by atoms with E-state index in [4.69, 9.17) is 21.5 Å². The number of sulfonamides is 1. The third-order valence-corrected chi connectivity index (χ3v) is 4.87. The van der Waals surface area contributed by atoms with Crippen molar-refractivity contribution in [2.45, 2.75) is 4.90 Å². The monoisotopic (exact) mass is 408 g/mol. The Kier molecular flexibility index (Phi) is 6.73. The minimum Gasteiger partial charge on any atom is -0.452 e. The van der Waals surface area contributed by atoms with Crippen LogP contribution in [0.25, 0.3) is 0 Å². The first-order valence-corrected chi connectivity index (χ1v) is 9.62. The lowest BCUT2D eigenvalue weighted by molar-refractivity contribution is -0.121. The highest BCUT2D eigenvalue weighted by Crippen LogP contribution is 2.22. The average molecular weight is 409 g/mol. The Bertz CT molecular complexity index is 961. The molecule has 142 valence electrons. The van der Waals surface area contributed by atoms with Gasteiger partial charge in [-0.15, -0.1) is 6.58 Å². The van der Waals surface area contributed by atoms with Crippen molar-refractivity contribution in [3.63, 3.8) is 0 Å². The number of amides is 1. The number of benzene rings is 2. The molecule has 2 rings (SSSR count). The smallest absolute Gasteiger partial charge is 0.338 e. The molecule has 0 aliphatic heterocycles. The van der Waals surface area contributed by atoms with Gasteiger partial charge in [-0.2, -0.15) is 0 Å². The SMILES string of the molecule is C=CCN(C(=O)COC(=O)c1ccc(Cl)c(S(N)(=O)=O)c1)c1ccccc1. The molecule has 0 heterocycles. The summed E-state index contributed by atoms with van der Waals surface area (Å²) in [6.45, 7) is 3.31. The van der Waals surface area contributed by atoms with Gasteiger partial charge in [0.1, 0.15) is 4.90 Å². The Balaban J connectivity index is 2.12. The molecule has 0 aromatic heterocycles. The van der Waals surface area contributed by atoms with Crippen LogP contribution in [-0.4, -0.2) is 33.4 Å². The predicted octanol–water partition coefficient (Wildman–Crippen LogP) is 2.36. The van der Waals surface area contributed by atoms with Crippen LogP contribution in [0.1, 0.15) is 10.4 Å². The van der Waals surface area contributed by atoms with Crippen molar-refractivity contribution >= 4 is 39.2 Å². The second-order valence-corrected chi connectivity index (χ2v) is 7.33. The molecule has 0 spiro atoms. The summed E-state index contributed by atoms with van der Waals surface area (Å²) in [5.74, 6) is -1.34. The molecule has 2 N–H and O–H groups in total. The van der Waals surface area contributed by atoms with Gasteiger partial charge >= 0.3 is 5.97 Å². The number of para-hydroxylation sites is 1. The van der Waals surface area contributed by atoms with Crippen molar-refractivity contribution in [3.8, 4) is 0 Å². The molecule has 0 aliphatic carbocycles. The minimum absolute atomic E-state index is 0.0915. The fourth-order valence-electron chi connectivity index (χ4n) is 2.23. The number of nitrogens with two attached hydrogens (primary N) is 1. The number of anilines is 1. The maximum absolute atomic E-state index is 12.4. The fraction of sp³-hybridized carbons (Fsp3) is 0.111. The summed E-state index contributed by atoms with van der Waals surface area (Å²) < 4.78 is 28.0. The first-order chi connectivity index (χ1) is 12.7. The maximum Gasteiger partial charge on any atom is 0.338 e. The van der Waals surface area contributed by atoms with Gasteiger partial charge in [-0.25, -0.2) is 18.4 Å². The zero-order valence-corrected chi connectivity index (χ0v) is 15.7. The quantitative estimate of drug-likeness (QED) is 0.559. The number of ether oxygens (including phenoxy) is 1. The van der Waals surface area contributed by atoms with E-state index in [1.54, 1.807) is 30.3 Å². The first kappa shape index (κ1) is 20.6. The molecule has 0 saturated carbocycles. The third-order valence-electron chi connectivity index (χ3n) is 3.48. The Hall–Kier alpha value is -2.68. The van der Waals surface area contributed by atoms with Crippen molar-refractivity contribution in [2.75, 3.05) is 18.1 Å². The van der Waals surface area contributed by atoms with Crippen LogP contribution in [0.15, 0.2) is 66.1 Å². The summed E-state index contributed by atoms with van der Waals surface area (Å²) in [6.07, 6.45) is 1.55. The van der Waals surface area contributed by atoms with E-state index in [9.17, 15) is 18.0 Å². The maximum atomic E-state index is 12.4. The van der Waals surface area contributed by atoms with Gasteiger partial charge in [-0.3, -0.25) is 4.79 Å². The molecular weight excluding hydrogens is 392 g/mol. The van der Waals surface area contributed by atoms with Gasteiger partial charge in [0, 0.05) is 12.2 Å². The van der Waals surface area contributed by atoms with Crippen LogP contribution in [0, 0.1) is 0 Å². The normalized spacial score (nSPS) is 10.9. The van der Waals surface area contributed by atoms with Crippen LogP contribution < -0.4 is 10.0 Å². The third kappa shape index (κ3) is 5.40. The van der Waals surface area contributed by atoms with E-state index in [-0.39, 0.29) is 17.1 Å². The highest BCUT2D eigenvalue weighted by Gasteiger charge is 2.20. The topological polar surface area (TPSA) is 107 Å². The molecule has 7 nitrogen and oxygen atoms in total. The molecule has 0 unspecified atom stereocenters. The summed E-state index contributed by atoms with van der Waals surface area (Å²) >= 11 is 5.78. The molecular formula is C18H17ClN2O5S. The summed E-state index contributed by atoms with van der Waals surface area (Å²) in [7, 11) is -4.10. The van der Waals surface area contributed by atoms with Crippen molar-refractivity contribution in [1.29, 1.82) is 0 Å². The molecule has 0 aliphatic rings. The molecule has 2 aromatic rings. The lowest BCUT2D eigenvalue weighted by Gasteiger charge is -2.21. The van der Waals surface area contributed by atoms with Gasteiger partial charge in [0.15, 0.2) is 6.61 Å². The summed E-state index contributed by atoms with van der Waals surface area (Å²) in [5, 5.41) is 4.93. The van der Waals surface area contributed by atoms with Crippen molar-refractivity contribution in [1.82, 2.24) is 0 Å². The Labute approximate surface area is 162 Å². The predicted molar refractivity (Wildman–Crippen MR) is 102 cm³/mol. The second kappa shape index (κ2) is 8.81. The minimum atomic E-state index is -4.10. The Morgan fingerprint density at radius 1 is 1.19 bits per heavy atom. The van der Waals surface area contributed by atoms with Crippen molar-refractivity contribution < 1.29 is 22.7 Å². The van der Waals surface area contributed by atoms with Gasteiger partial charge in [-0.05, 0) is 30.3 Å². The standard InChI is InChI=1S/C18H17ClN2O5S/c1-2-10-21(14-6-4-3-5-7-14)17(22)12-26-18(23)13-8-9-15(19)16(11-13)27(20,24)25/h2-9,11H,1,10,12H2,(H2,20,24,25). The van der Waals surface area contributed by atoms with Crippen LogP contribution in [0.4, 0.5) is 5.69 Å². The molecule has 0 fully saturated rings. The van der Waals surface area contributed by atoms with E-state index >= 15 is 0 Å². The molecule has 1 amide bonds. The van der Waals surface area contributed by atoms with Crippen LogP contribution in [0.3, 0.4) is 0 Å². The Morgan fingerprint density at radius 2 is 1.85 bits per heavy atom. The van der Waals surface area contributed by atoms with Crippen LogP contribution in [0.5, 0.6) is 0 Å². The summed E-state index contributed by atoms with van der Waals surface area (Å²) in [6, 6.07) is 12.3.